The number of aromatic nitrogens is 3. The summed E-state index contributed by atoms with van der Waals surface area (Å²) < 4.78 is 5.87. The van der Waals surface area contributed by atoms with Crippen LogP contribution in [0.1, 0.15) is 28.7 Å². The number of ether oxygens (including phenoxy) is 1. The van der Waals surface area contributed by atoms with Gasteiger partial charge in [-0.3, -0.25) is 9.88 Å². The Labute approximate surface area is 125 Å². The molecular formula is C16H20N4O. The Morgan fingerprint density at radius 3 is 3.00 bits per heavy atom. The summed E-state index contributed by atoms with van der Waals surface area (Å²) in [6, 6.07) is 4.04. The molecule has 3 heterocycles. The molecule has 110 valence electrons. The van der Waals surface area contributed by atoms with Crippen LogP contribution in [0.2, 0.25) is 0 Å². The van der Waals surface area contributed by atoms with E-state index in [0.717, 1.165) is 37.8 Å². The van der Waals surface area contributed by atoms with Crippen LogP contribution in [0.5, 0.6) is 0 Å². The van der Waals surface area contributed by atoms with E-state index in [1.807, 2.05) is 25.4 Å². The fourth-order valence-corrected chi connectivity index (χ4v) is 2.60. The number of aryl methyl sites for hydroxylation is 2. The highest BCUT2D eigenvalue weighted by atomic mass is 16.5. The third-order valence-electron chi connectivity index (χ3n) is 3.81. The first-order valence-electron chi connectivity index (χ1n) is 7.25. The molecule has 0 saturated carbocycles. The van der Waals surface area contributed by atoms with Gasteiger partial charge in [-0.1, -0.05) is 0 Å². The van der Waals surface area contributed by atoms with Crippen molar-refractivity contribution in [2.24, 2.45) is 0 Å². The van der Waals surface area contributed by atoms with Gasteiger partial charge in [0.15, 0.2) is 0 Å². The topological polar surface area (TPSA) is 51.1 Å². The van der Waals surface area contributed by atoms with E-state index >= 15 is 0 Å². The van der Waals surface area contributed by atoms with Crippen LogP contribution in [0, 0.1) is 13.8 Å². The maximum absolute atomic E-state index is 5.87. The number of pyridine rings is 1. The summed E-state index contributed by atoms with van der Waals surface area (Å²) in [5.74, 6) is 0.790. The predicted octanol–water partition coefficient (Wildman–Crippen LogP) is 2.06. The molecule has 1 fully saturated rings. The summed E-state index contributed by atoms with van der Waals surface area (Å²) in [4.78, 5) is 15.2. The second-order valence-electron chi connectivity index (χ2n) is 5.43. The second kappa shape index (κ2) is 6.28. The van der Waals surface area contributed by atoms with Gasteiger partial charge in [-0.2, -0.15) is 0 Å². The first-order valence-corrected chi connectivity index (χ1v) is 7.25. The molecule has 0 spiro atoms. The molecule has 0 bridgehead atoms. The molecule has 0 radical (unpaired) electrons. The SMILES string of the molecule is Cc1nccc([C@@H]2CN(Cc3ccncc3C)CCO2)n1. The molecule has 0 aromatic carbocycles. The number of nitrogens with zero attached hydrogens (tertiary/aromatic N) is 4. The normalized spacial score (nSPS) is 19.6. The summed E-state index contributed by atoms with van der Waals surface area (Å²) in [7, 11) is 0. The van der Waals surface area contributed by atoms with Gasteiger partial charge in [0, 0.05) is 38.2 Å². The van der Waals surface area contributed by atoms with Gasteiger partial charge in [0.2, 0.25) is 0 Å². The molecule has 2 aromatic heterocycles. The zero-order valence-corrected chi connectivity index (χ0v) is 12.5. The number of hydrogen-bond donors (Lipinski definition) is 0. The molecular weight excluding hydrogens is 264 g/mol. The third-order valence-corrected chi connectivity index (χ3v) is 3.81. The molecule has 1 atom stereocenters. The molecule has 0 amide bonds. The van der Waals surface area contributed by atoms with E-state index in [4.69, 9.17) is 4.74 Å². The van der Waals surface area contributed by atoms with Crippen LogP contribution in [0.15, 0.2) is 30.7 Å². The van der Waals surface area contributed by atoms with Gasteiger partial charge in [0.05, 0.1) is 12.3 Å². The van der Waals surface area contributed by atoms with Crippen LogP contribution >= 0.6 is 0 Å². The van der Waals surface area contributed by atoms with Gasteiger partial charge >= 0.3 is 0 Å². The Morgan fingerprint density at radius 1 is 1.29 bits per heavy atom. The summed E-state index contributed by atoms with van der Waals surface area (Å²) in [6.45, 7) is 7.48. The summed E-state index contributed by atoms with van der Waals surface area (Å²) in [6.07, 6.45) is 5.60. The Balaban J connectivity index is 1.70. The lowest BCUT2D eigenvalue weighted by atomic mass is 10.1. The van der Waals surface area contributed by atoms with Gasteiger partial charge < -0.3 is 4.74 Å². The van der Waals surface area contributed by atoms with Crippen molar-refractivity contribution in [1.29, 1.82) is 0 Å². The maximum atomic E-state index is 5.87. The maximum Gasteiger partial charge on any atom is 0.125 e. The molecule has 0 aliphatic carbocycles. The fraction of sp³-hybridized carbons (Fsp3) is 0.438. The van der Waals surface area contributed by atoms with Gasteiger partial charge in [-0.15, -0.1) is 0 Å². The van der Waals surface area contributed by atoms with Crippen LogP contribution in [0.4, 0.5) is 0 Å². The Hall–Kier alpha value is -1.85. The highest BCUT2D eigenvalue weighted by Gasteiger charge is 2.23. The first-order chi connectivity index (χ1) is 10.2. The number of rotatable bonds is 3. The van der Waals surface area contributed by atoms with Crippen molar-refractivity contribution in [2.75, 3.05) is 19.7 Å². The standard InChI is InChI=1S/C16H20N4O/c1-12-9-17-5-3-14(12)10-20-7-8-21-16(11-20)15-4-6-18-13(2)19-15/h3-6,9,16H,7-8,10-11H2,1-2H3/t16-/m0/s1. The van der Waals surface area contributed by atoms with E-state index in [-0.39, 0.29) is 6.10 Å². The van der Waals surface area contributed by atoms with Crippen molar-refractivity contribution in [2.45, 2.75) is 26.5 Å². The molecule has 1 aliphatic heterocycles. The minimum Gasteiger partial charge on any atom is -0.369 e. The van der Waals surface area contributed by atoms with Crippen LogP contribution < -0.4 is 0 Å². The predicted molar refractivity (Wildman–Crippen MR) is 79.7 cm³/mol. The van der Waals surface area contributed by atoms with Gasteiger partial charge in [-0.05, 0) is 37.1 Å². The molecule has 2 aromatic rings. The first kappa shape index (κ1) is 14.1. The summed E-state index contributed by atoms with van der Waals surface area (Å²) in [5, 5.41) is 0. The van der Waals surface area contributed by atoms with E-state index in [9.17, 15) is 0 Å². The molecule has 5 heteroatoms. The van der Waals surface area contributed by atoms with Crippen molar-refractivity contribution in [3.05, 3.63) is 53.4 Å². The number of morpholine rings is 1. The second-order valence-corrected chi connectivity index (χ2v) is 5.43. The highest BCUT2D eigenvalue weighted by Crippen LogP contribution is 2.22. The van der Waals surface area contributed by atoms with Crippen LogP contribution in [0.3, 0.4) is 0 Å². The van der Waals surface area contributed by atoms with Crippen molar-refractivity contribution >= 4 is 0 Å². The highest BCUT2D eigenvalue weighted by molar-refractivity contribution is 5.21. The third kappa shape index (κ3) is 3.43. The zero-order chi connectivity index (χ0) is 14.7. The smallest absolute Gasteiger partial charge is 0.125 e. The quantitative estimate of drug-likeness (QED) is 0.863. The molecule has 5 nitrogen and oxygen atoms in total. The average Bonchev–Trinajstić information content (AvgIpc) is 2.50. The largest absolute Gasteiger partial charge is 0.369 e. The number of hydrogen-bond acceptors (Lipinski definition) is 5. The van der Waals surface area contributed by atoms with E-state index in [1.165, 1.54) is 11.1 Å². The van der Waals surface area contributed by atoms with Crippen LogP contribution in [0.25, 0.3) is 0 Å². The lowest BCUT2D eigenvalue weighted by Crippen LogP contribution is -2.38. The minimum absolute atomic E-state index is 0.0302. The van der Waals surface area contributed by atoms with Crippen LogP contribution in [-0.2, 0) is 11.3 Å². The minimum atomic E-state index is 0.0302. The Bertz CT molecular complexity index is 617. The van der Waals surface area contributed by atoms with Gasteiger partial charge in [0.1, 0.15) is 11.9 Å². The average molecular weight is 284 g/mol. The lowest BCUT2D eigenvalue weighted by Gasteiger charge is -2.32. The van der Waals surface area contributed by atoms with Crippen molar-refractivity contribution in [1.82, 2.24) is 19.9 Å². The van der Waals surface area contributed by atoms with E-state index in [1.54, 1.807) is 6.20 Å². The van der Waals surface area contributed by atoms with Crippen molar-refractivity contribution < 1.29 is 4.74 Å². The molecule has 21 heavy (non-hydrogen) atoms. The van der Waals surface area contributed by atoms with E-state index < -0.39 is 0 Å². The molecule has 0 unspecified atom stereocenters. The van der Waals surface area contributed by atoms with Crippen molar-refractivity contribution in [3.8, 4) is 0 Å². The Morgan fingerprint density at radius 2 is 2.19 bits per heavy atom. The van der Waals surface area contributed by atoms with E-state index in [0.29, 0.717) is 0 Å². The fourth-order valence-electron chi connectivity index (χ4n) is 2.60. The monoisotopic (exact) mass is 284 g/mol. The van der Waals surface area contributed by atoms with Gasteiger partial charge in [0.25, 0.3) is 0 Å². The zero-order valence-electron chi connectivity index (χ0n) is 12.5. The summed E-state index contributed by atoms with van der Waals surface area (Å²) in [5.41, 5.74) is 3.53. The summed E-state index contributed by atoms with van der Waals surface area (Å²) >= 11 is 0. The lowest BCUT2D eigenvalue weighted by molar-refractivity contribution is -0.0351. The molecule has 1 aliphatic rings. The Kier molecular flexibility index (Phi) is 4.22. The van der Waals surface area contributed by atoms with E-state index in [2.05, 4.69) is 32.8 Å². The van der Waals surface area contributed by atoms with Crippen LogP contribution in [-0.4, -0.2) is 39.5 Å². The van der Waals surface area contributed by atoms with Gasteiger partial charge in [-0.25, -0.2) is 9.97 Å². The van der Waals surface area contributed by atoms with Crippen molar-refractivity contribution in [3.63, 3.8) is 0 Å². The molecule has 1 saturated heterocycles. The molecule has 0 N–H and O–H groups in total. The molecule has 3 rings (SSSR count).